The summed E-state index contributed by atoms with van der Waals surface area (Å²) in [6, 6.07) is 11.8. The summed E-state index contributed by atoms with van der Waals surface area (Å²) in [5, 5.41) is 1.34. The molecule has 0 saturated heterocycles. The van der Waals surface area contributed by atoms with Crippen LogP contribution < -0.4 is 4.74 Å². The molecule has 1 atom stereocenters. The van der Waals surface area contributed by atoms with E-state index in [0.717, 1.165) is 5.39 Å². The third-order valence-corrected chi connectivity index (χ3v) is 4.26. The molecule has 134 valence electrons. The highest BCUT2D eigenvalue weighted by Gasteiger charge is 2.20. The summed E-state index contributed by atoms with van der Waals surface area (Å²) in [4.78, 5) is 24.5. The maximum absolute atomic E-state index is 12.3. The van der Waals surface area contributed by atoms with Crippen molar-refractivity contribution in [3.8, 4) is 5.75 Å². The predicted molar refractivity (Wildman–Crippen MR) is 97.8 cm³/mol. The molecule has 26 heavy (non-hydrogen) atoms. The van der Waals surface area contributed by atoms with Crippen LogP contribution in [-0.4, -0.2) is 25.0 Å². The monoisotopic (exact) mass is 372 g/mol. The van der Waals surface area contributed by atoms with E-state index < -0.39 is 12.1 Å². The van der Waals surface area contributed by atoms with Gasteiger partial charge in [-0.3, -0.25) is 9.59 Å². The molecule has 0 aliphatic heterocycles. The molecule has 3 rings (SSSR count). The van der Waals surface area contributed by atoms with Gasteiger partial charge in [-0.15, -0.1) is 0 Å². The lowest BCUT2D eigenvalue weighted by Crippen LogP contribution is -2.25. The zero-order valence-corrected chi connectivity index (χ0v) is 15.1. The highest BCUT2D eigenvalue weighted by Crippen LogP contribution is 2.26. The summed E-state index contributed by atoms with van der Waals surface area (Å²) in [6.07, 6.45) is 0.635. The fourth-order valence-corrected chi connectivity index (χ4v) is 2.75. The molecule has 0 amide bonds. The Morgan fingerprint density at radius 2 is 1.88 bits per heavy atom. The Labute approximate surface area is 155 Å². The first-order valence-corrected chi connectivity index (χ1v) is 8.39. The highest BCUT2D eigenvalue weighted by molar-refractivity contribution is 6.30. The number of carbonyl (C=O) groups excluding carboxylic acids is 2. The minimum Gasteiger partial charge on any atom is -0.497 e. The fraction of sp³-hybridized carbons (Fsp3) is 0.200. The number of rotatable bonds is 6. The topological polar surface area (TPSA) is 65.7 Å². The van der Waals surface area contributed by atoms with E-state index in [2.05, 4.69) is 0 Å². The van der Waals surface area contributed by atoms with Gasteiger partial charge < -0.3 is 13.9 Å². The Morgan fingerprint density at radius 3 is 2.58 bits per heavy atom. The lowest BCUT2D eigenvalue weighted by molar-refractivity contribution is -0.145. The molecule has 5 nitrogen and oxygen atoms in total. The molecule has 3 aromatic rings. The minimum absolute atomic E-state index is 0.0115. The van der Waals surface area contributed by atoms with E-state index in [1.54, 1.807) is 50.4 Å². The van der Waals surface area contributed by atoms with Crippen molar-refractivity contribution in [2.24, 2.45) is 0 Å². The number of Topliss-reactive ketones (excluding diaryl/α,β-unsaturated/α-hetero) is 1. The number of ketones is 1. The number of benzene rings is 2. The summed E-state index contributed by atoms with van der Waals surface area (Å²) in [5.74, 6) is -0.113. The van der Waals surface area contributed by atoms with Gasteiger partial charge in [0, 0.05) is 27.6 Å². The molecular formula is C20H17ClO5. The molecule has 0 radical (unpaired) electrons. The Morgan fingerprint density at radius 1 is 1.15 bits per heavy atom. The molecule has 0 spiro atoms. The van der Waals surface area contributed by atoms with Crippen LogP contribution >= 0.6 is 11.6 Å². The average molecular weight is 373 g/mol. The molecule has 2 aromatic carbocycles. The van der Waals surface area contributed by atoms with Crippen LogP contribution in [0.25, 0.3) is 11.0 Å². The number of carbonyl (C=O) groups is 2. The molecule has 1 heterocycles. The largest absolute Gasteiger partial charge is 0.497 e. The van der Waals surface area contributed by atoms with Crippen molar-refractivity contribution in [3.05, 3.63) is 64.9 Å². The van der Waals surface area contributed by atoms with Gasteiger partial charge in [0.05, 0.1) is 19.8 Å². The molecule has 6 heteroatoms. The van der Waals surface area contributed by atoms with E-state index in [4.69, 9.17) is 25.5 Å². The van der Waals surface area contributed by atoms with Crippen molar-refractivity contribution >= 4 is 34.3 Å². The van der Waals surface area contributed by atoms with Gasteiger partial charge in [-0.25, -0.2) is 0 Å². The first-order chi connectivity index (χ1) is 12.5. The zero-order valence-electron chi connectivity index (χ0n) is 14.3. The predicted octanol–water partition coefficient (Wildman–Crippen LogP) is 4.45. The van der Waals surface area contributed by atoms with Crippen molar-refractivity contribution in [1.29, 1.82) is 0 Å². The molecule has 0 aliphatic rings. The smallest absolute Gasteiger partial charge is 0.311 e. The van der Waals surface area contributed by atoms with Gasteiger partial charge in [0.25, 0.3) is 0 Å². The average Bonchev–Trinajstić information content (AvgIpc) is 3.03. The summed E-state index contributed by atoms with van der Waals surface area (Å²) in [5.41, 5.74) is 1.76. The second-order valence-corrected chi connectivity index (χ2v) is 6.24. The third kappa shape index (κ3) is 3.89. The zero-order chi connectivity index (χ0) is 18.7. The normalized spacial score (nSPS) is 12.0. The van der Waals surface area contributed by atoms with Gasteiger partial charge >= 0.3 is 5.97 Å². The van der Waals surface area contributed by atoms with Crippen LogP contribution in [0.3, 0.4) is 0 Å². The van der Waals surface area contributed by atoms with Gasteiger partial charge in [0.2, 0.25) is 5.78 Å². The van der Waals surface area contributed by atoms with Crippen LogP contribution in [0.15, 0.2) is 53.1 Å². The SMILES string of the molecule is COc1ccc2c(CC(=O)O[C@@H](C)C(=O)c3ccc(Cl)cc3)coc2c1. The van der Waals surface area contributed by atoms with E-state index in [1.807, 2.05) is 6.07 Å². The Hall–Kier alpha value is -2.79. The van der Waals surface area contributed by atoms with Crippen molar-refractivity contribution in [3.63, 3.8) is 0 Å². The third-order valence-electron chi connectivity index (χ3n) is 4.00. The quantitative estimate of drug-likeness (QED) is 0.472. The van der Waals surface area contributed by atoms with Gasteiger partial charge in [0.1, 0.15) is 11.3 Å². The van der Waals surface area contributed by atoms with Crippen LogP contribution in [0.4, 0.5) is 0 Å². The Kier molecular flexibility index (Phi) is 5.28. The van der Waals surface area contributed by atoms with Crippen LogP contribution in [0, 0.1) is 0 Å². The van der Waals surface area contributed by atoms with Crippen LogP contribution in [0.2, 0.25) is 5.02 Å². The molecule has 0 fully saturated rings. The van der Waals surface area contributed by atoms with Crippen molar-refractivity contribution in [2.45, 2.75) is 19.4 Å². The van der Waals surface area contributed by atoms with Crippen molar-refractivity contribution in [2.75, 3.05) is 7.11 Å². The Bertz CT molecular complexity index is 942. The molecular weight excluding hydrogens is 356 g/mol. The number of methoxy groups -OCH3 is 1. The van der Waals surface area contributed by atoms with Crippen LogP contribution in [0.1, 0.15) is 22.8 Å². The number of furan rings is 1. The van der Waals surface area contributed by atoms with Gasteiger partial charge in [-0.1, -0.05) is 11.6 Å². The maximum Gasteiger partial charge on any atom is 0.311 e. The summed E-state index contributed by atoms with van der Waals surface area (Å²) in [6.45, 7) is 1.55. The summed E-state index contributed by atoms with van der Waals surface area (Å²) >= 11 is 5.81. The van der Waals surface area contributed by atoms with Gasteiger partial charge in [-0.2, -0.15) is 0 Å². The van der Waals surface area contributed by atoms with Gasteiger partial charge in [0.15, 0.2) is 6.10 Å². The number of hydrogen-bond acceptors (Lipinski definition) is 5. The summed E-state index contributed by atoms with van der Waals surface area (Å²) in [7, 11) is 1.57. The number of halogens is 1. The van der Waals surface area contributed by atoms with Gasteiger partial charge in [-0.05, 0) is 43.3 Å². The first kappa shape index (κ1) is 18.0. The molecule has 0 aliphatic carbocycles. The molecule has 0 unspecified atom stereocenters. The molecule has 1 aromatic heterocycles. The summed E-state index contributed by atoms with van der Waals surface area (Å²) < 4.78 is 15.9. The molecule has 0 N–H and O–H groups in total. The fourth-order valence-electron chi connectivity index (χ4n) is 2.62. The van der Waals surface area contributed by atoms with E-state index in [0.29, 0.717) is 27.5 Å². The number of fused-ring (bicyclic) bond motifs is 1. The number of ether oxygens (including phenoxy) is 2. The van der Waals surface area contributed by atoms with Crippen molar-refractivity contribution in [1.82, 2.24) is 0 Å². The second kappa shape index (κ2) is 7.62. The van der Waals surface area contributed by atoms with E-state index in [9.17, 15) is 9.59 Å². The first-order valence-electron chi connectivity index (χ1n) is 8.01. The number of esters is 1. The Balaban J connectivity index is 1.66. The molecule has 0 bridgehead atoms. The lowest BCUT2D eigenvalue weighted by atomic mass is 10.1. The standard InChI is InChI=1S/C20H17ClO5/c1-12(20(23)13-3-5-15(21)6-4-13)26-19(22)9-14-11-25-18-10-16(24-2)7-8-17(14)18/h3-8,10-12H,9H2,1-2H3/t12-/m0/s1. The van der Waals surface area contributed by atoms with E-state index in [-0.39, 0.29) is 12.2 Å². The lowest BCUT2D eigenvalue weighted by Gasteiger charge is -2.12. The van der Waals surface area contributed by atoms with Crippen molar-refractivity contribution < 1.29 is 23.5 Å². The maximum atomic E-state index is 12.3. The van der Waals surface area contributed by atoms with E-state index >= 15 is 0 Å². The number of hydrogen-bond donors (Lipinski definition) is 0. The minimum atomic E-state index is -0.887. The van der Waals surface area contributed by atoms with Crippen LogP contribution in [0.5, 0.6) is 5.75 Å². The highest BCUT2D eigenvalue weighted by atomic mass is 35.5. The van der Waals surface area contributed by atoms with E-state index in [1.165, 1.54) is 6.26 Å². The van der Waals surface area contributed by atoms with Crippen LogP contribution in [-0.2, 0) is 16.0 Å². The second-order valence-electron chi connectivity index (χ2n) is 5.80. The molecule has 0 saturated carbocycles.